The SMILES string of the molecule is N=C1C=C(c2cc(-c3ccncc3)cc(-c3ccncc3)c2)C=C(c2cc(-c3ccncc3)cc(-c3ccncc3)c2)C1=N. The lowest BCUT2D eigenvalue weighted by Crippen LogP contribution is -2.16. The molecule has 6 nitrogen and oxygen atoms in total. The van der Waals surface area contributed by atoms with Gasteiger partial charge in [0.05, 0.1) is 11.4 Å². The number of pyridine rings is 4. The summed E-state index contributed by atoms with van der Waals surface area (Å²) in [5, 5.41) is 17.8. The lowest BCUT2D eigenvalue weighted by Gasteiger charge is -2.20. The third-order valence-corrected chi connectivity index (χ3v) is 7.70. The Morgan fingerprint density at radius 3 is 1.02 bits per heavy atom. The molecule has 0 unspecified atom stereocenters. The minimum absolute atomic E-state index is 0.164. The number of benzene rings is 2. The van der Waals surface area contributed by atoms with Gasteiger partial charge in [-0.05, 0) is 158 Å². The number of nitrogens with one attached hydrogen (secondary N) is 2. The van der Waals surface area contributed by atoms with E-state index in [1.54, 1.807) is 55.7 Å². The van der Waals surface area contributed by atoms with Crippen molar-refractivity contribution < 1.29 is 0 Å². The Balaban J connectivity index is 1.40. The summed E-state index contributed by atoms with van der Waals surface area (Å²) in [6.45, 7) is 0. The Bertz CT molecular complexity index is 1950. The van der Waals surface area contributed by atoms with Crippen molar-refractivity contribution in [3.05, 3.63) is 158 Å². The summed E-state index contributed by atoms with van der Waals surface area (Å²) in [7, 11) is 0. The molecule has 0 saturated heterocycles. The van der Waals surface area contributed by atoms with Gasteiger partial charge in [-0.25, -0.2) is 0 Å². The fraction of sp³-hybridized carbons (Fsp3) is 0. The van der Waals surface area contributed by atoms with Gasteiger partial charge in [0.2, 0.25) is 0 Å². The molecule has 2 aromatic carbocycles. The molecule has 0 fully saturated rings. The molecule has 208 valence electrons. The summed E-state index contributed by atoms with van der Waals surface area (Å²) in [5.41, 5.74) is 12.0. The fourth-order valence-corrected chi connectivity index (χ4v) is 5.46. The molecule has 6 aromatic rings. The van der Waals surface area contributed by atoms with Crippen molar-refractivity contribution >= 4 is 22.6 Å². The zero-order valence-electron chi connectivity index (χ0n) is 23.6. The molecule has 4 heterocycles. The van der Waals surface area contributed by atoms with Crippen molar-refractivity contribution in [2.75, 3.05) is 0 Å². The first-order valence-electron chi connectivity index (χ1n) is 14.2. The number of hydrogen-bond donors (Lipinski definition) is 2. The second kappa shape index (κ2) is 11.6. The summed E-state index contributed by atoms with van der Waals surface area (Å²) in [5.74, 6) is 0. The Morgan fingerprint density at radius 2 is 0.659 bits per heavy atom. The number of rotatable bonds is 6. The zero-order chi connectivity index (χ0) is 29.9. The second-order valence-electron chi connectivity index (χ2n) is 10.5. The Morgan fingerprint density at radius 1 is 0.341 bits per heavy atom. The highest BCUT2D eigenvalue weighted by Gasteiger charge is 2.21. The number of nitrogens with zero attached hydrogens (tertiary/aromatic N) is 4. The lowest BCUT2D eigenvalue weighted by molar-refractivity contribution is 1.32. The van der Waals surface area contributed by atoms with Gasteiger partial charge >= 0.3 is 0 Å². The van der Waals surface area contributed by atoms with Crippen LogP contribution in [0.25, 0.3) is 55.7 Å². The fourth-order valence-electron chi connectivity index (χ4n) is 5.46. The average molecular weight is 567 g/mol. The normalized spacial score (nSPS) is 12.9. The quantitative estimate of drug-likeness (QED) is 0.198. The highest BCUT2D eigenvalue weighted by Crippen LogP contribution is 2.36. The van der Waals surface area contributed by atoms with Crippen LogP contribution in [0.5, 0.6) is 0 Å². The largest absolute Gasteiger partial charge is 0.299 e. The van der Waals surface area contributed by atoms with Crippen LogP contribution in [0.4, 0.5) is 0 Å². The zero-order valence-corrected chi connectivity index (χ0v) is 23.6. The van der Waals surface area contributed by atoms with Gasteiger partial charge in [0, 0.05) is 55.1 Å². The van der Waals surface area contributed by atoms with Gasteiger partial charge in [-0.2, -0.15) is 0 Å². The summed E-state index contributed by atoms with van der Waals surface area (Å²) >= 11 is 0. The third kappa shape index (κ3) is 5.40. The van der Waals surface area contributed by atoms with Gasteiger partial charge < -0.3 is 0 Å². The van der Waals surface area contributed by atoms with Gasteiger partial charge in [0.15, 0.2) is 0 Å². The summed E-state index contributed by atoms with van der Waals surface area (Å²) < 4.78 is 0. The molecule has 7 rings (SSSR count). The average Bonchev–Trinajstić information content (AvgIpc) is 3.10. The van der Waals surface area contributed by atoms with Crippen LogP contribution in [0.3, 0.4) is 0 Å². The molecule has 0 aliphatic heterocycles. The van der Waals surface area contributed by atoms with Crippen molar-refractivity contribution in [3.63, 3.8) is 0 Å². The van der Waals surface area contributed by atoms with Crippen LogP contribution in [-0.4, -0.2) is 31.4 Å². The van der Waals surface area contributed by atoms with Gasteiger partial charge in [0.1, 0.15) is 0 Å². The molecule has 6 heteroatoms. The van der Waals surface area contributed by atoms with E-state index in [9.17, 15) is 0 Å². The molecule has 0 radical (unpaired) electrons. The maximum absolute atomic E-state index is 8.97. The maximum Gasteiger partial charge on any atom is 0.0867 e. The topological polar surface area (TPSA) is 99.3 Å². The van der Waals surface area contributed by atoms with Crippen molar-refractivity contribution in [3.8, 4) is 44.5 Å². The van der Waals surface area contributed by atoms with Gasteiger partial charge in [-0.1, -0.05) is 0 Å². The van der Waals surface area contributed by atoms with Crippen molar-refractivity contribution in [2.24, 2.45) is 0 Å². The molecule has 0 saturated carbocycles. The molecule has 0 amide bonds. The first-order valence-corrected chi connectivity index (χ1v) is 14.2. The van der Waals surface area contributed by atoms with Crippen LogP contribution in [-0.2, 0) is 0 Å². The van der Waals surface area contributed by atoms with E-state index in [4.69, 9.17) is 10.8 Å². The predicted octanol–water partition coefficient (Wildman–Crippen LogP) is 8.45. The molecule has 0 bridgehead atoms. The molecule has 1 aliphatic rings. The molecule has 44 heavy (non-hydrogen) atoms. The van der Waals surface area contributed by atoms with Crippen LogP contribution in [0.2, 0.25) is 0 Å². The van der Waals surface area contributed by atoms with E-state index >= 15 is 0 Å². The second-order valence-corrected chi connectivity index (χ2v) is 10.5. The molecule has 2 N–H and O–H groups in total. The van der Waals surface area contributed by atoms with Crippen molar-refractivity contribution in [2.45, 2.75) is 0 Å². The molecule has 0 atom stereocenters. The molecular weight excluding hydrogens is 540 g/mol. The van der Waals surface area contributed by atoms with Crippen LogP contribution >= 0.6 is 0 Å². The van der Waals surface area contributed by atoms with E-state index in [0.717, 1.165) is 61.2 Å². The first-order chi connectivity index (χ1) is 21.6. The highest BCUT2D eigenvalue weighted by atomic mass is 14.6. The standard InChI is InChI=1S/C38H26N6/c39-37-24-34(33-19-29(25-1-9-41-10-2-25)17-30(20-33)26-3-11-42-12-4-26)23-36(38(37)40)35-21-31(27-5-13-43-14-6-27)18-32(22-35)28-7-15-44-16-8-28/h1-24,39-40H. The first kappa shape index (κ1) is 26.7. The lowest BCUT2D eigenvalue weighted by atomic mass is 9.84. The van der Waals surface area contributed by atoms with E-state index in [1.807, 2.05) is 54.6 Å². The maximum atomic E-state index is 8.97. The smallest absolute Gasteiger partial charge is 0.0867 e. The van der Waals surface area contributed by atoms with Gasteiger partial charge in [0.25, 0.3) is 0 Å². The van der Waals surface area contributed by atoms with Crippen LogP contribution in [0, 0.1) is 10.8 Å². The van der Waals surface area contributed by atoms with E-state index in [-0.39, 0.29) is 11.4 Å². The summed E-state index contributed by atoms with van der Waals surface area (Å²) in [4.78, 5) is 16.8. The van der Waals surface area contributed by atoms with Crippen molar-refractivity contribution in [1.82, 2.24) is 19.9 Å². The summed E-state index contributed by atoms with van der Waals surface area (Å²) in [6.07, 6.45) is 18.1. The van der Waals surface area contributed by atoms with Crippen LogP contribution in [0.15, 0.2) is 147 Å². The van der Waals surface area contributed by atoms with Crippen molar-refractivity contribution in [1.29, 1.82) is 10.8 Å². The molecule has 4 aromatic heterocycles. The Labute approximate surface area is 255 Å². The predicted molar refractivity (Wildman–Crippen MR) is 177 cm³/mol. The van der Waals surface area contributed by atoms with Crippen LogP contribution < -0.4 is 0 Å². The number of aromatic nitrogens is 4. The van der Waals surface area contributed by atoms with E-state index in [1.165, 1.54) is 0 Å². The molecule has 0 spiro atoms. The van der Waals surface area contributed by atoms with Gasteiger partial charge in [-0.15, -0.1) is 0 Å². The molecular formula is C38H26N6. The molecule has 1 aliphatic carbocycles. The van der Waals surface area contributed by atoms with E-state index < -0.39 is 0 Å². The monoisotopic (exact) mass is 566 g/mol. The van der Waals surface area contributed by atoms with E-state index in [0.29, 0.717) is 5.57 Å². The number of hydrogen-bond acceptors (Lipinski definition) is 6. The Kier molecular flexibility index (Phi) is 7.06. The summed E-state index contributed by atoms with van der Waals surface area (Å²) in [6, 6.07) is 28.7. The minimum atomic E-state index is 0.164. The highest BCUT2D eigenvalue weighted by molar-refractivity contribution is 6.61. The van der Waals surface area contributed by atoms with E-state index in [2.05, 4.69) is 56.3 Å². The number of allylic oxidation sites excluding steroid dienone is 4. The third-order valence-electron chi connectivity index (χ3n) is 7.70. The minimum Gasteiger partial charge on any atom is -0.299 e. The van der Waals surface area contributed by atoms with Gasteiger partial charge in [-0.3, -0.25) is 30.8 Å². The Hall–Kier alpha value is -6.14. The van der Waals surface area contributed by atoms with Crippen LogP contribution in [0.1, 0.15) is 11.1 Å².